The zero-order chi connectivity index (χ0) is 13.9. The lowest BCUT2D eigenvalue weighted by Gasteiger charge is -2.21. The second-order valence-corrected chi connectivity index (χ2v) is 6.44. The van der Waals surface area contributed by atoms with Crippen LogP contribution in [-0.2, 0) is 6.42 Å². The number of guanidine groups is 1. The van der Waals surface area contributed by atoms with Crippen molar-refractivity contribution >= 4 is 29.1 Å². The fourth-order valence-corrected chi connectivity index (χ4v) is 2.99. The number of rotatable bonds is 8. The average molecular weight is 300 g/mol. The minimum atomic E-state index is 1.00. The number of thioether (sulfide) groups is 1. The van der Waals surface area contributed by atoms with Crippen LogP contribution in [0.15, 0.2) is 22.5 Å². The van der Waals surface area contributed by atoms with Crippen LogP contribution in [0, 0.1) is 0 Å². The SMILES string of the molecule is CN=C(NCCCCSC)N(C)CCc1cccs1. The quantitative estimate of drug-likeness (QED) is 0.454. The van der Waals surface area contributed by atoms with E-state index in [4.69, 9.17) is 0 Å². The van der Waals surface area contributed by atoms with E-state index in [1.807, 2.05) is 30.1 Å². The average Bonchev–Trinajstić information content (AvgIpc) is 2.93. The molecule has 0 aliphatic heterocycles. The highest BCUT2D eigenvalue weighted by Crippen LogP contribution is 2.09. The summed E-state index contributed by atoms with van der Waals surface area (Å²) in [4.78, 5) is 7.97. The molecular weight excluding hydrogens is 274 g/mol. The number of aliphatic imine (C=N–C) groups is 1. The van der Waals surface area contributed by atoms with Crippen LogP contribution < -0.4 is 5.32 Å². The Hall–Kier alpha value is -0.680. The molecular formula is C14H25N3S2. The Morgan fingerprint density at radius 1 is 1.47 bits per heavy atom. The van der Waals surface area contributed by atoms with Gasteiger partial charge in [-0.2, -0.15) is 11.8 Å². The predicted molar refractivity (Wildman–Crippen MR) is 89.6 cm³/mol. The van der Waals surface area contributed by atoms with Crippen molar-refractivity contribution in [2.75, 3.05) is 39.2 Å². The third-order valence-electron chi connectivity index (χ3n) is 2.91. The van der Waals surface area contributed by atoms with Crippen LogP contribution in [0.3, 0.4) is 0 Å². The maximum Gasteiger partial charge on any atom is 0.193 e. The van der Waals surface area contributed by atoms with Gasteiger partial charge < -0.3 is 10.2 Å². The van der Waals surface area contributed by atoms with Crippen LogP contribution in [0.1, 0.15) is 17.7 Å². The molecule has 19 heavy (non-hydrogen) atoms. The van der Waals surface area contributed by atoms with Gasteiger partial charge in [-0.05, 0) is 42.7 Å². The number of nitrogens with one attached hydrogen (secondary N) is 1. The summed E-state index contributed by atoms with van der Waals surface area (Å²) in [5, 5.41) is 5.56. The molecule has 0 fully saturated rings. The first-order valence-corrected chi connectivity index (χ1v) is 8.98. The second-order valence-electron chi connectivity index (χ2n) is 4.42. The molecule has 0 saturated carbocycles. The van der Waals surface area contributed by atoms with Crippen molar-refractivity contribution in [1.82, 2.24) is 10.2 Å². The van der Waals surface area contributed by atoms with Gasteiger partial charge in [0.25, 0.3) is 0 Å². The number of likely N-dealkylation sites (N-methyl/N-ethyl adjacent to an activating group) is 1. The highest BCUT2D eigenvalue weighted by molar-refractivity contribution is 7.98. The van der Waals surface area contributed by atoms with E-state index in [1.165, 1.54) is 23.5 Å². The van der Waals surface area contributed by atoms with Gasteiger partial charge in [-0.3, -0.25) is 4.99 Å². The minimum Gasteiger partial charge on any atom is -0.356 e. The molecule has 1 heterocycles. The molecule has 0 bridgehead atoms. The molecule has 5 heteroatoms. The molecule has 1 rings (SSSR count). The topological polar surface area (TPSA) is 27.6 Å². The largest absolute Gasteiger partial charge is 0.356 e. The molecule has 0 saturated heterocycles. The van der Waals surface area contributed by atoms with E-state index in [0.717, 1.165) is 25.5 Å². The lowest BCUT2D eigenvalue weighted by atomic mass is 10.3. The van der Waals surface area contributed by atoms with Gasteiger partial charge in [-0.25, -0.2) is 0 Å². The van der Waals surface area contributed by atoms with Crippen molar-refractivity contribution in [2.24, 2.45) is 4.99 Å². The molecule has 3 nitrogen and oxygen atoms in total. The third kappa shape index (κ3) is 6.87. The van der Waals surface area contributed by atoms with E-state index in [2.05, 4.69) is 46.0 Å². The van der Waals surface area contributed by atoms with Crippen LogP contribution in [0.5, 0.6) is 0 Å². The predicted octanol–water partition coefficient (Wildman–Crippen LogP) is 2.94. The minimum absolute atomic E-state index is 1.00. The zero-order valence-corrected chi connectivity index (χ0v) is 13.8. The summed E-state index contributed by atoms with van der Waals surface area (Å²) in [6, 6.07) is 4.30. The molecule has 0 atom stereocenters. The van der Waals surface area contributed by atoms with Crippen LogP contribution >= 0.6 is 23.1 Å². The highest BCUT2D eigenvalue weighted by atomic mass is 32.2. The number of hydrogen-bond acceptors (Lipinski definition) is 3. The zero-order valence-electron chi connectivity index (χ0n) is 12.2. The molecule has 1 aromatic rings. The molecule has 0 radical (unpaired) electrons. The van der Waals surface area contributed by atoms with E-state index in [-0.39, 0.29) is 0 Å². The van der Waals surface area contributed by atoms with E-state index in [0.29, 0.717) is 0 Å². The Kier molecular flexibility index (Phi) is 8.75. The molecule has 0 aliphatic rings. The standard InChI is InChI=1S/C14H25N3S2/c1-15-14(16-9-4-5-11-18-3)17(2)10-8-13-7-6-12-19-13/h6-7,12H,4-5,8-11H2,1-3H3,(H,15,16). The normalized spacial score (nSPS) is 11.6. The van der Waals surface area contributed by atoms with Gasteiger partial charge in [0.05, 0.1) is 0 Å². The first-order valence-electron chi connectivity index (χ1n) is 6.71. The summed E-state index contributed by atoms with van der Waals surface area (Å²) >= 11 is 3.73. The monoisotopic (exact) mass is 299 g/mol. The first-order chi connectivity index (χ1) is 9.27. The highest BCUT2D eigenvalue weighted by Gasteiger charge is 2.05. The Labute approximate surface area is 125 Å². The summed E-state index contributed by atoms with van der Waals surface area (Å²) in [6.07, 6.45) is 5.72. The van der Waals surface area contributed by atoms with Gasteiger partial charge in [0.1, 0.15) is 0 Å². The fraction of sp³-hybridized carbons (Fsp3) is 0.643. The van der Waals surface area contributed by atoms with Gasteiger partial charge in [-0.1, -0.05) is 6.07 Å². The Morgan fingerprint density at radius 2 is 2.32 bits per heavy atom. The van der Waals surface area contributed by atoms with Gasteiger partial charge in [-0.15, -0.1) is 11.3 Å². The maximum atomic E-state index is 4.34. The number of thiophene rings is 1. The van der Waals surface area contributed by atoms with Gasteiger partial charge in [0.2, 0.25) is 0 Å². The van der Waals surface area contributed by atoms with Crippen molar-refractivity contribution < 1.29 is 0 Å². The fourth-order valence-electron chi connectivity index (χ4n) is 1.79. The Balaban J connectivity index is 2.21. The third-order valence-corrected chi connectivity index (χ3v) is 4.54. The summed E-state index contributed by atoms with van der Waals surface area (Å²) < 4.78 is 0. The maximum absolute atomic E-state index is 4.34. The Bertz CT molecular complexity index is 350. The van der Waals surface area contributed by atoms with E-state index < -0.39 is 0 Å². The molecule has 1 N–H and O–H groups in total. The van der Waals surface area contributed by atoms with Crippen LogP contribution in [0.25, 0.3) is 0 Å². The lowest BCUT2D eigenvalue weighted by Crippen LogP contribution is -2.40. The Morgan fingerprint density at radius 3 is 2.95 bits per heavy atom. The molecule has 0 spiro atoms. The smallest absolute Gasteiger partial charge is 0.193 e. The van der Waals surface area contributed by atoms with Crippen LogP contribution in [-0.4, -0.2) is 50.1 Å². The van der Waals surface area contributed by atoms with E-state index >= 15 is 0 Å². The molecule has 0 amide bonds. The summed E-state index contributed by atoms with van der Waals surface area (Å²) in [5.41, 5.74) is 0. The van der Waals surface area contributed by atoms with Crippen LogP contribution in [0.2, 0.25) is 0 Å². The second kappa shape index (κ2) is 10.1. The number of unbranched alkanes of at least 4 members (excludes halogenated alkanes) is 1. The number of hydrogen-bond donors (Lipinski definition) is 1. The molecule has 0 aromatic carbocycles. The van der Waals surface area contributed by atoms with Gasteiger partial charge in [0, 0.05) is 32.1 Å². The lowest BCUT2D eigenvalue weighted by molar-refractivity contribution is 0.485. The summed E-state index contributed by atoms with van der Waals surface area (Å²) in [6.45, 7) is 2.02. The van der Waals surface area contributed by atoms with E-state index in [1.54, 1.807) is 0 Å². The summed E-state index contributed by atoms with van der Waals surface area (Å²) in [7, 11) is 3.96. The molecule has 1 aromatic heterocycles. The van der Waals surface area contributed by atoms with E-state index in [9.17, 15) is 0 Å². The van der Waals surface area contributed by atoms with Gasteiger partial charge in [0.15, 0.2) is 5.96 Å². The van der Waals surface area contributed by atoms with Crippen molar-refractivity contribution in [1.29, 1.82) is 0 Å². The van der Waals surface area contributed by atoms with Crippen molar-refractivity contribution in [3.8, 4) is 0 Å². The summed E-state index contributed by atoms with van der Waals surface area (Å²) in [5.74, 6) is 2.25. The molecule has 0 aliphatic carbocycles. The van der Waals surface area contributed by atoms with Crippen molar-refractivity contribution in [2.45, 2.75) is 19.3 Å². The molecule has 108 valence electrons. The van der Waals surface area contributed by atoms with Gasteiger partial charge >= 0.3 is 0 Å². The van der Waals surface area contributed by atoms with Crippen LogP contribution in [0.4, 0.5) is 0 Å². The van der Waals surface area contributed by atoms with Crippen molar-refractivity contribution in [3.05, 3.63) is 22.4 Å². The number of nitrogens with zero attached hydrogens (tertiary/aromatic N) is 2. The van der Waals surface area contributed by atoms with Crippen molar-refractivity contribution in [3.63, 3.8) is 0 Å². The molecule has 0 unspecified atom stereocenters. The first kappa shape index (κ1) is 16.4.